The molecule has 2 saturated heterocycles. The number of nitrogens with zero attached hydrogens (tertiary/aromatic N) is 1. The number of likely N-dealkylation sites (tertiary alicyclic amines) is 1. The van der Waals surface area contributed by atoms with Crippen LogP contribution < -0.4 is 5.32 Å². The van der Waals surface area contributed by atoms with Gasteiger partial charge in [-0.05, 0) is 30.7 Å². The maximum atomic E-state index is 12.4. The van der Waals surface area contributed by atoms with Gasteiger partial charge in [0.15, 0.2) is 0 Å². The first-order valence-corrected chi connectivity index (χ1v) is 9.59. The fraction of sp³-hybridized carbons (Fsp3) is 0.611. The SMILES string of the molecule is O=C(CC1CSCCN1)N1CCC(Cc2ccccc2)CC1. The Hall–Kier alpha value is -1.00. The maximum Gasteiger partial charge on any atom is 0.224 e. The summed E-state index contributed by atoms with van der Waals surface area (Å²) in [5.74, 6) is 3.33. The summed E-state index contributed by atoms with van der Waals surface area (Å²) < 4.78 is 0. The summed E-state index contributed by atoms with van der Waals surface area (Å²) in [6.45, 7) is 2.92. The van der Waals surface area contributed by atoms with Crippen LogP contribution in [0.1, 0.15) is 24.8 Å². The highest BCUT2D eigenvalue weighted by Crippen LogP contribution is 2.22. The van der Waals surface area contributed by atoms with Crippen molar-refractivity contribution in [3.8, 4) is 0 Å². The second kappa shape index (κ2) is 8.02. The summed E-state index contributed by atoms with van der Waals surface area (Å²) in [6.07, 6.45) is 4.13. The zero-order valence-corrected chi connectivity index (χ0v) is 14.0. The monoisotopic (exact) mass is 318 g/mol. The van der Waals surface area contributed by atoms with Crippen molar-refractivity contribution < 1.29 is 4.79 Å². The lowest BCUT2D eigenvalue weighted by Gasteiger charge is -2.33. The second-order valence-electron chi connectivity index (χ2n) is 6.44. The number of benzene rings is 1. The van der Waals surface area contributed by atoms with Crippen molar-refractivity contribution in [2.75, 3.05) is 31.1 Å². The van der Waals surface area contributed by atoms with Crippen molar-refractivity contribution in [2.45, 2.75) is 31.7 Å². The number of thioether (sulfide) groups is 1. The van der Waals surface area contributed by atoms with Crippen LogP contribution in [0.2, 0.25) is 0 Å². The molecule has 0 saturated carbocycles. The summed E-state index contributed by atoms with van der Waals surface area (Å²) in [5, 5.41) is 3.46. The van der Waals surface area contributed by atoms with Crippen LogP contribution in [0.15, 0.2) is 30.3 Å². The minimum Gasteiger partial charge on any atom is -0.343 e. The van der Waals surface area contributed by atoms with Crippen LogP contribution in [0.25, 0.3) is 0 Å². The molecule has 3 rings (SSSR count). The van der Waals surface area contributed by atoms with Crippen LogP contribution >= 0.6 is 11.8 Å². The van der Waals surface area contributed by atoms with E-state index in [1.165, 1.54) is 11.3 Å². The number of rotatable bonds is 4. The Bertz CT molecular complexity index is 465. The molecule has 0 radical (unpaired) electrons. The molecule has 0 spiro atoms. The van der Waals surface area contributed by atoms with Crippen molar-refractivity contribution in [2.24, 2.45) is 5.92 Å². The molecule has 0 aromatic heterocycles. The molecular weight excluding hydrogens is 292 g/mol. The Kier molecular flexibility index (Phi) is 5.79. The van der Waals surface area contributed by atoms with Crippen molar-refractivity contribution in [1.29, 1.82) is 0 Å². The predicted molar refractivity (Wildman–Crippen MR) is 93.2 cm³/mol. The Balaban J connectivity index is 1.42. The van der Waals surface area contributed by atoms with Gasteiger partial charge in [-0.25, -0.2) is 0 Å². The van der Waals surface area contributed by atoms with Gasteiger partial charge < -0.3 is 10.2 Å². The molecule has 4 heteroatoms. The lowest BCUT2D eigenvalue weighted by molar-refractivity contribution is -0.133. The second-order valence-corrected chi connectivity index (χ2v) is 7.59. The highest BCUT2D eigenvalue weighted by Gasteiger charge is 2.25. The third kappa shape index (κ3) is 4.50. The lowest BCUT2D eigenvalue weighted by Crippen LogP contribution is -2.45. The Labute approximate surface area is 137 Å². The summed E-state index contributed by atoms with van der Waals surface area (Å²) in [4.78, 5) is 14.5. The first-order valence-electron chi connectivity index (χ1n) is 8.44. The summed E-state index contributed by atoms with van der Waals surface area (Å²) in [7, 11) is 0. The topological polar surface area (TPSA) is 32.3 Å². The van der Waals surface area contributed by atoms with E-state index in [0.29, 0.717) is 18.4 Å². The van der Waals surface area contributed by atoms with Gasteiger partial charge in [0.2, 0.25) is 5.91 Å². The Morgan fingerprint density at radius 2 is 2.00 bits per heavy atom. The fourth-order valence-electron chi connectivity index (χ4n) is 3.42. The molecule has 3 nitrogen and oxygen atoms in total. The van der Waals surface area contributed by atoms with E-state index in [1.807, 2.05) is 11.8 Å². The van der Waals surface area contributed by atoms with Crippen molar-refractivity contribution >= 4 is 17.7 Å². The van der Waals surface area contributed by atoms with Crippen LogP contribution in [0.3, 0.4) is 0 Å². The van der Waals surface area contributed by atoms with Gasteiger partial charge in [-0.15, -0.1) is 0 Å². The van der Waals surface area contributed by atoms with Gasteiger partial charge in [-0.2, -0.15) is 11.8 Å². The van der Waals surface area contributed by atoms with E-state index in [4.69, 9.17) is 0 Å². The fourth-order valence-corrected chi connectivity index (χ4v) is 4.37. The molecule has 1 N–H and O–H groups in total. The molecule has 2 heterocycles. The van der Waals surface area contributed by atoms with Gasteiger partial charge in [0.05, 0.1) is 0 Å². The third-order valence-corrected chi connectivity index (χ3v) is 5.88. The van der Waals surface area contributed by atoms with Crippen LogP contribution in [0.5, 0.6) is 0 Å². The number of hydrogen-bond donors (Lipinski definition) is 1. The number of hydrogen-bond acceptors (Lipinski definition) is 3. The van der Waals surface area contributed by atoms with E-state index in [-0.39, 0.29) is 0 Å². The molecule has 22 heavy (non-hydrogen) atoms. The quantitative estimate of drug-likeness (QED) is 0.926. The summed E-state index contributed by atoms with van der Waals surface area (Å²) >= 11 is 1.96. The smallest absolute Gasteiger partial charge is 0.224 e. The van der Waals surface area contributed by atoms with E-state index in [1.54, 1.807) is 0 Å². The number of piperidine rings is 1. The first kappa shape index (κ1) is 15.9. The van der Waals surface area contributed by atoms with E-state index in [2.05, 4.69) is 40.5 Å². The molecule has 2 fully saturated rings. The van der Waals surface area contributed by atoms with E-state index >= 15 is 0 Å². The standard InChI is InChI=1S/C18H26N2OS/c21-18(13-17-14-22-11-8-19-17)20-9-6-16(7-10-20)12-15-4-2-1-3-5-15/h1-5,16-17,19H,6-14H2. The average molecular weight is 318 g/mol. The van der Waals surface area contributed by atoms with E-state index in [0.717, 1.165) is 50.6 Å². The molecular formula is C18H26N2OS. The van der Waals surface area contributed by atoms with Gasteiger partial charge in [-0.1, -0.05) is 30.3 Å². The minimum atomic E-state index is 0.346. The summed E-state index contributed by atoms with van der Waals surface area (Å²) in [6, 6.07) is 11.1. The van der Waals surface area contributed by atoms with E-state index < -0.39 is 0 Å². The zero-order valence-electron chi connectivity index (χ0n) is 13.2. The molecule has 1 unspecified atom stereocenters. The molecule has 1 aromatic carbocycles. The Morgan fingerprint density at radius 1 is 1.23 bits per heavy atom. The van der Waals surface area contributed by atoms with Gasteiger partial charge in [-0.3, -0.25) is 4.79 Å². The first-order chi connectivity index (χ1) is 10.8. The highest BCUT2D eigenvalue weighted by molar-refractivity contribution is 7.99. The molecule has 0 aliphatic carbocycles. The van der Waals surface area contributed by atoms with Crippen LogP contribution in [0, 0.1) is 5.92 Å². The third-order valence-electron chi connectivity index (χ3n) is 4.75. The zero-order chi connectivity index (χ0) is 15.2. The van der Waals surface area contributed by atoms with Crippen LogP contribution in [-0.4, -0.2) is 48.0 Å². The number of nitrogens with one attached hydrogen (secondary N) is 1. The van der Waals surface area contributed by atoms with Crippen molar-refractivity contribution in [3.63, 3.8) is 0 Å². The average Bonchev–Trinajstić information content (AvgIpc) is 2.57. The number of amides is 1. The molecule has 2 aliphatic rings. The summed E-state index contributed by atoms with van der Waals surface area (Å²) in [5.41, 5.74) is 1.43. The van der Waals surface area contributed by atoms with Crippen molar-refractivity contribution in [3.05, 3.63) is 35.9 Å². The molecule has 1 atom stereocenters. The molecule has 2 aliphatic heterocycles. The maximum absolute atomic E-state index is 12.4. The van der Waals surface area contributed by atoms with Gasteiger partial charge in [0.1, 0.15) is 0 Å². The molecule has 120 valence electrons. The molecule has 1 aromatic rings. The van der Waals surface area contributed by atoms with Gasteiger partial charge in [0.25, 0.3) is 0 Å². The number of carbonyl (C=O) groups excluding carboxylic acids is 1. The van der Waals surface area contributed by atoms with E-state index in [9.17, 15) is 4.79 Å². The van der Waals surface area contributed by atoms with Crippen LogP contribution in [0.4, 0.5) is 0 Å². The highest BCUT2D eigenvalue weighted by atomic mass is 32.2. The lowest BCUT2D eigenvalue weighted by atomic mass is 9.90. The van der Waals surface area contributed by atoms with Gasteiger partial charge in [0, 0.05) is 43.6 Å². The Morgan fingerprint density at radius 3 is 2.68 bits per heavy atom. The molecule has 0 bridgehead atoms. The largest absolute Gasteiger partial charge is 0.343 e. The molecule has 1 amide bonds. The predicted octanol–water partition coefficient (Wildman–Crippen LogP) is 2.56. The number of carbonyl (C=O) groups is 1. The normalized spacial score (nSPS) is 23.5. The van der Waals surface area contributed by atoms with Gasteiger partial charge >= 0.3 is 0 Å². The van der Waals surface area contributed by atoms with Crippen molar-refractivity contribution in [1.82, 2.24) is 10.2 Å². The minimum absolute atomic E-state index is 0.346. The van der Waals surface area contributed by atoms with Crippen LogP contribution in [-0.2, 0) is 11.2 Å².